The summed E-state index contributed by atoms with van der Waals surface area (Å²) in [6.07, 6.45) is 54.1. The van der Waals surface area contributed by atoms with Gasteiger partial charge in [-0.3, -0.25) is 37.3 Å². The van der Waals surface area contributed by atoms with Gasteiger partial charge in [0.05, 0.1) is 26.4 Å². The van der Waals surface area contributed by atoms with Crippen molar-refractivity contribution < 1.29 is 80.2 Å². The third-order valence-electron chi connectivity index (χ3n) is 17.8. The van der Waals surface area contributed by atoms with E-state index in [0.717, 1.165) is 102 Å². The fourth-order valence-corrected chi connectivity index (χ4v) is 13.0. The van der Waals surface area contributed by atoms with E-state index in [4.69, 9.17) is 37.0 Å². The summed E-state index contributed by atoms with van der Waals surface area (Å²) in [4.78, 5) is 72.7. The van der Waals surface area contributed by atoms with Crippen LogP contribution in [0.5, 0.6) is 0 Å². The van der Waals surface area contributed by atoms with E-state index in [9.17, 15) is 43.2 Å². The Morgan fingerprint density at radius 2 is 0.543 bits per heavy atom. The van der Waals surface area contributed by atoms with Crippen molar-refractivity contribution in [3.63, 3.8) is 0 Å². The van der Waals surface area contributed by atoms with Gasteiger partial charge in [0, 0.05) is 25.7 Å². The Morgan fingerprint density at radius 3 is 0.809 bits per heavy atom. The molecule has 0 spiro atoms. The van der Waals surface area contributed by atoms with Gasteiger partial charge in [-0.05, 0) is 37.5 Å². The first-order valence-corrected chi connectivity index (χ1v) is 42.0. The van der Waals surface area contributed by atoms with E-state index in [2.05, 4.69) is 41.5 Å². The summed E-state index contributed by atoms with van der Waals surface area (Å²) >= 11 is 0. The van der Waals surface area contributed by atoms with Crippen LogP contribution in [0.4, 0.5) is 0 Å². The number of unbranched alkanes of at least 4 members (excludes halogenated alkanes) is 43. The zero-order valence-electron chi connectivity index (χ0n) is 61.3. The molecule has 3 N–H and O–H groups in total. The highest BCUT2D eigenvalue weighted by Gasteiger charge is 2.30. The van der Waals surface area contributed by atoms with Crippen LogP contribution in [0.2, 0.25) is 0 Å². The molecule has 0 fully saturated rings. The fourth-order valence-electron chi connectivity index (χ4n) is 11.4. The number of rotatable bonds is 74. The van der Waals surface area contributed by atoms with Crippen molar-refractivity contribution in [1.29, 1.82) is 0 Å². The maximum absolute atomic E-state index is 13.1. The summed E-state index contributed by atoms with van der Waals surface area (Å²) in [6.45, 7) is 9.56. The van der Waals surface area contributed by atoms with Gasteiger partial charge in [0.25, 0.3) is 0 Å². The first kappa shape index (κ1) is 92.1. The quantitative estimate of drug-likeness (QED) is 0.0222. The van der Waals surface area contributed by atoms with Gasteiger partial charge in [0.2, 0.25) is 0 Å². The Hall–Kier alpha value is -1.94. The molecule has 0 aliphatic carbocycles. The van der Waals surface area contributed by atoms with Gasteiger partial charge in [-0.25, -0.2) is 9.13 Å². The Kier molecular flexibility index (Phi) is 65.5. The molecule has 0 saturated heterocycles. The lowest BCUT2D eigenvalue weighted by Gasteiger charge is -2.21. The number of carbonyl (C=O) groups is 4. The van der Waals surface area contributed by atoms with Gasteiger partial charge in [-0.15, -0.1) is 0 Å². The predicted molar refractivity (Wildman–Crippen MR) is 381 cm³/mol. The van der Waals surface area contributed by atoms with Crippen LogP contribution in [-0.2, 0) is 65.4 Å². The summed E-state index contributed by atoms with van der Waals surface area (Å²) in [5.41, 5.74) is 0. The van der Waals surface area contributed by atoms with Gasteiger partial charge in [0.15, 0.2) is 12.2 Å². The van der Waals surface area contributed by atoms with Crippen LogP contribution in [0.25, 0.3) is 0 Å². The lowest BCUT2D eigenvalue weighted by molar-refractivity contribution is -0.161. The summed E-state index contributed by atoms with van der Waals surface area (Å²) < 4.78 is 68.4. The maximum atomic E-state index is 13.1. The maximum Gasteiger partial charge on any atom is 0.472 e. The molecular formula is C75H146O17P2. The Labute approximate surface area is 575 Å². The molecule has 0 aliphatic heterocycles. The third-order valence-corrected chi connectivity index (χ3v) is 19.7. The molecule has 3 unspecified atom stereocenters. The molecule has 0 aliphatic rings. The topological polar surface area (TPSA) is 237 Å². The van der Waals surface area contributed by atoms with E-state index in [0.29, 0.717) is 25.7 Å². The highest BCUT2D eigenvalue weighted by molar-refractivity contribution is 7.47. The predicted octanol–water partition coefficient (Wildman–Crippen LogP) is 21.9. The number of phosphoric ester groups is 2. The zero-order chi connectivity index (χ0) is 69.3. The number of ether oxygens (including phenoxy) is 4. The Balaban J connectivity index is 5.22. The van der Waals surface area contributed by atoms with E-state index in [-0.39, 0.29) is 25.7 Å². The monoisotopic (exact) mass is 1380 g/mol. The normalized spacial score (nSPS) is 14.3. The molecular weight excluding hydrogens is 1230 g/mol. The lowest BCUT2D eigenvalue weighted by Crippen LogP contribution is -2.30. The van der Waals surface area contributed by atoms with Crippen molar-refractivity contribution in [3.05, 3.63) is 0 Å². The van der Waals surface area contributed by atoms with Crippen LogP contribution in [0.15, 0.2) is 0 Å². The molecule has 0 radical (unpaired) electrons. The van der Waals surface area contributed by atoms with Gasteiger partial charge in [0.1, 0.15) is 19.3 Å². The SMILES string of the molecule is CCCCCCCCCCCCCCCCCCC(=O)OC[C@H](COP(=O)(O)OC[C@@H](O)COP(=O)(O)OC[C@@H](COC(=O)CCCCCCCCCCCC)OC(=O)CCCCCCCCC(C)CC)OC(=O)CCCCCCCCCCCCCCCCCC(C)C. The molecule has 19 heteroatoms. The highest BCUT2D eigenvalue weighted by atomic mass is 31.2. The highest BCUT2D eigenvalue weighted by Crippen LogP contribution is 2.45. The van der Waals surface area contributed by atoms with Crippen molar-refractivity contribution in [2.45, 2.75) is 407 Å². The van der Waals surface area contributed by atoms with E-state index in [1.54, 1.807) is 0 Å². The molecule has 0 aromatic carbocycles. The average Bonchev–Trinajstić information content (AvgIpc) is 1.58. The van der Waals surface area contributed by atoms with Crippen LogP contribution in [-0.4, -0.2) is 96.7 Å². The van der Waals surface area contributed by atoms with E-state index >= 15 is 0 Å². The standard InChI is InChI=1S/C75H146O17P2/c1-7-10-12-14-16-18-20-21-22-25-28-31-35-39-46-52-58-73(78)85-63-70(91-74(79)59-53-47-40-36-32-29-26-23-24-27-30-33-37-43-49-55-67(4)5)65-89-93(81,82)87-61-69(76)62-88-94(83,84)90-66-71(92-75(80)60-54-48-42-41-44-50-56-68(6)9-3)64-86-72(77)57-51-45-38-34-19-17-15-13-11-8-2/h67-71,76H,7-66H2,1-6H3,(H,81,82)(H,83,84)/t68?,69-,70-,71-/m1/s1. The number of aliphatic hydroxyl groups is 1. The summed E-state index contributed by atoms with van der Waals surface area (Å²) in [5, 5.41) is 10.6. The Bertz CT molecular complexity index is 1820. The molecule has 6 atom stereocenters. The zero-order valence-corrected chi connectivity index (χ0v) is 63.1. The molecule has 0 amide bonds. The summed E-state index contributed by atoms with van der Waals surface area (Å²) in [5.74, 6) is -0.596. The first-order valence-electron chi connectivity index (χ1n) is 39.0. The molecule has 0 bridgehead atoms. The summed E-state index contributed by atoms with van der Waals surface area (Å²) in [7, 11) is -9.91. The first-order chi connectivity index (χ1) is 45.4. The number of carbonyl (C=O) groups excluding carboxylic acids is 4. The molecule has 558 valence electrons. The molecule has 0 aromatic heterocycles. The van der Waals surface area contributed by atoms with Crippen LogP contribution in [0.1, 0.15) is 388 Å². The molecule has 94 heavy (non-hydrogen) atoms. The minimum absolute atomic E-state index is 0.103. The fraction of sp³-hybridized carbons (Fsp3) is 0.947. The van der Waals surface area contributed by atoms with Gasteiger partial charge in [-0.1, -0.05) is 337 Å². The van der Waals surface area contributed by atoms with Crippen LogP contribution < -0.4 is 0 Å². The number of phosphoric acid groups is 2. The number of hydrogen-bond acceptors (Lipinski definition) is 15. The van der Waals surface area contributed by atoms with E-state index < -0.39 is 97.5 Å². The van der Waals surface area contributed by atoms with Gasteiger partial charge in [-0.2, -0.15) is 0 Å². The Morgan fingerprint density at radius 1 is 0.309 bits per heavy atom. The van der Waals surface area contributed by atoms with Gasteiger partial charge >= 0.3 is 39.5 Å². The minimum Gasteiger partial charge on any atom is -0.462 e. The minimum atomic E-state index is -4.96. The largest absolute Gasteiger partial charge is 0.472 e. The number of hydrogen-bond donors (Lipinski definition) is 3. The number of aliphatic hydroxyl groups excluding tert-OH is 1. The van der Waals surface area contributed by atoms with Crippen molar-refractivity contribution >= 4 is 39.5 Å². The van der Waals surface area contributed by atoms with Crippen LogP contribution >= 0.6 is 15.6 Å². The lowest BCUT2D eigenvalue weighted by atomic mass is 10.00. The molecule has 0 rings (SSSR count). The van der Waals surface area contributed by atoms with Crippen molar-refractivity contribution in [2.75, 3.05) is 39.6 Å². The molecule has 0 aromatic rings. The van der Waals surface area contributed by atoms with Crippen LogP contribution in [0.3, 0.4) is 0 Å². The summed E-state index contributed by atoms with van der Waals surface area (Å²) in [6, 6.07) is 0. The molecule has 0 heterocycles. The second kappa shape index (κ2) is 66.9. The average molecular weight is 1380 g/mol. The molecule has 17 nitrogen and oxygen atoms in total. The number of esters is 4. The second-order valence-electron chi connectivity index (χ2n) is 27.8. The molecule has 0 saturated carbocycles. The smallest absolute Gasteiger partial charge is 0.462 e. The van der Waals surface area contributed by atoms with Crippen molar-refractivity contribution in [2.24, 2.45) is 11.8 Å². The van der Waals surface area contributed by atoms with Crippen LogP contribution in [0, 0.1) is 11.8 Å². The van der Waals surface area contributed by atoms with Crippen molar-refractivity contribution in [3.8, 4) is 0 Å². The van der Waals surface area contributed by atoms with Crippen molar-refractivity contribution in [1.82, 2.24) is 0 Å². The van der Waals surface area contributed by atoms with Gasteiger partial charge < -0.3 is 33.8 Å². The second-order valence-corrected chi connectivity index (χ2v) is 30.7. The van der Waals surface area contributed by atoms with E-state index in [1.807, 2.05) is 0 Å². The van der Waals surface area contributed by atoms with E-state index in [1.165, 1.54) is 205 Å². The third kappa shape index (κ3) is 67.3.